The molecule has 1 fully saturated rings. The average Bonchev–Trinajstić information content (AvgIpc) is 3.14. The third kappa shape index (κ3) is 4.18. The Bertz CT molecular complexity index is 852. The third-order valence-electron chi connectivity index (χ3n) is 5.30. The Hall–Kier alpha value is -2.70. The molecule has 7 heteroatoms. The number of amides is 1. The van der Waals surface area contributed by atoms with Gasteiger partial charge in [-0.15, -0.1) is 0 Å². The Kier molecular flexibility index (Phi) is 5.30. The topological polar surface area (TPSA) is 84.2 Å². The summed E-state index contributed by atoms with van der Waals surface area (Å²) >= 11 is 0. The number of benzene rings is 1. The van der Waals surface area contributed by atoms with Crippen molar-refractivity contribution in [1.82, 2.24) is 15.1 Å². The van der Waals surface area contributed by atoms with Gasteiger partial charge in [-0.25, -0.2) is 9.07 Å². The predicted octanol–water partition coefficient (Wildman–Crippen LogP) is 3.07. The summed E-state index contributed by atoms with van der Waals surface area (Å²) in [6, 6.07) is 6.01. The van der Waals surface area contributed by atoms with Gasteiger partial charge >= 0.3 is 5.97 Å². The molecule has 144 valence electrons. The first kappa shape index (κ1) is 19.1. The molecule has 0 atom stereocenters. The Labute approximate surface area is 157 Å². The summed E-state index contributed by atoms with van der Waals surface area (Å²) in [6.45, 7) is 3.70. The Morgan fingerprint density at radius 2 is 1.85 bits per heavy atom. The molecule has 1 aromatic carbocycles. The number of carboxylic acids is 1. The van der Waals surface area contributed by atoms with E-state index >= 15 is 0 Å². The molecule has 1 heterocycles. The van der Waals surface area contributed by atoms with Crippen molar-refractivity contribution in [3.05, 3.63) is 47.0 Å². The van der Waals surface area contributed by atoms with Crippen LogP contribution in [0.15, 0.2) is 24.3 Å². The highest BCUT2D eigenvalue weighted by atomic mass is 19.1. The summed E-state index contributed by atoms with van der Waals surface area (Å²) < 4.78 is 14.8. The van der Waals surface area contributed by atoms with E-state index in [0.29, 0.717) is 12.8 Å². The molecule has 1 aliphatic rings. The largest absolute Gasteiger partial charge is 0.481 e. The first-order chi connectivity index (χ1) is 12.8. The van der Waals surface area contributed by atoms with Crippen molar-refractivity contribution in [3.63, 3.8) is 0 Å². The van der Waals surface area contributed by atoms with E-state index in [9.17, 15) is 19.1 Å². The third-order valence-corrected chi connectivity index (χ3v) is 5.30. The minimum atomic E-state index is -0.895. The second kappa shape index (κ2) is 7.50. The molecule has 1 saturated carbocycles. The molecule has 1 aromatic heterocycles. The number of aromatic nitrogens is 2. The van der Waals surface area contributed by atoms with Gasteiger partial charge in [0, 0.05) is 11.3 Å². The molecule has 0 saturated heterocycles. The minimum Gasteiger partial charge on any atom is -0.481 e. The van der Waals surface area contributed by atoms with Crippen molar-refractivity contribution >= 4 is 11.9 Å². The van der Waals surface area contributed by atoms with E-state index < -0.39 is 11.5 Å². The molecule has 0 unspecified atom stereocenters. The van der Waals surface area contributed by atoms with Crippen molar-refractivity contribution in [2.45, 2.75) is 57.9 Å². The maximum Gasteiger partial charge on any atom is 0.305 e. The van der Waals surface area contributed by atoms with Crippen LogP contribution in [0.5, 0.6) is 0 Å². The van der Waals surface area contributed by atoms with Crippen LogP contribution in [0.25, 0.3) is 5.69 Å². The number of nitrogens with one attached hydrogen (secondary N) is 1. The van der Waals surface area contributed by atoms with Crippen LogP contribution >= 0.6 is 0 Å². The number of rotatable bonds is 6. The highest BCUT2D eigenvalue weighted by Gasteiger charge is 2.37. The highest BCUT2D eigenvalue weighted by Crippen LogP contribution is 2.33. The number of carboxylic acid groups (broad SMARTS) is 1. The number of halogens is 1. The van der Waals surface area contributed by atoms with Crippen molar-refractivity contribution in [2.75, 3.05) is 0 Å². The van der Waals surface area contributed by atoms with Crippen LogP contribution in [0.4, 0.5) is 4.39 Å². The van der Waals surface area contributed by atoms with Crippen molar-refractivity contribution in [1.29, 1.82) is 0 Å². The van der Waals surface area contributed by atoms with Crippen molar-refractivity contribution in [2.24, 2.45) is 0 Å². The number of carbonyl (C=O) groups is 2. The summed E-state index contributed by atoms with van der Waals surface area (Å²) in [5.74, 6) is -1.41. The number of aliphatic carboxylic acids is 1. The van der Waals surface area contributed by atoms with E-state index in [-0.39, 0.29) is 24.6 Å². The lowest BCUT2D eigenvalue weighted by Crippen LogP contribution is -2.48. The van der Waals surface area contributed by atoms with E-state index in [1.54, 1.807) is 16.8 Å². The molecule has 2 aromatic rings. The molecule has 0 spiro atoms. The first-order valence-electron chi connectivity index (χ1n) is 9.13. The van der Waals surface area contributed by atoms with Crippen LogP contribution in [0, 0.1) is 19.7 Å². The standard InChI is InChI=1S/C20H24FN3O3/c1-13-17(14(2)24(23-13)16-7-5-15(21)6-8-16)11-18(25)22-20(12-19(26)27)9-3-4-10-20/h5-8H,3-4,9-12H2,1-2H3,(H,22,25)(H,26,27). The van der Waals surface area contributed by atoms with E-state index in [1.165, 1.54) is 12.1 Å². The fourth-order valence-electron chi connectivity index (χ4n) is 3.95. The molecule has 0 aliphatic heterocycles. The highest BCUT2D eigenvalue weighted by molar-refractivity contribution is 5.81. The van der Waals surface area contributed by atoms with Crippen LogP contribution in [0.2, 0.25) is 0 Å². The SMILES string of the molecule is Cc1nn(-c2ccc(F)cc2)c(C)c1CC(=O)NC1(CC(=O)O)CCCC1. The lowest BCUT2D eigenvalue weighted by molar-refractivity contribution is -0.139. The zero-order valence-electron chi connectivity index (χ0n) is 15.6. The minimum absolute atomic E-state index is 0.0501. The van der Waals surface area contributed by atoms with Gasteiger partial charge in [-0.3, -0.25) is 9.59 Å². The average molecular weight is 373 g/mol. The second-order valence-electron chi connectivity index (χ2n) is 7.32. The van der Waals surface area contributed by atoms with Crippen molar-refractivity contribution < 1.29 is 19.1 Å². The zero-order chi connectivity index (χ0) is 19.6. The predicted molar refractivity (Wildman–Crippen MR) is 98.3 cm³/mol. The summed E-state index contributed by atoms with van der Waals surface area (Å²) in [6.07, 6.45) is 3.32. The second-order valence-corrected chi connectivity index (χ2v) is 7.32. The van der Waals surface area contributed by atoms with Crippen LogP contribution in [-0.4, -0.2) is 32.3 Å². The van der Waals surface area contributed by atoms with Gasteiger partial charge < -0.3 is 10.4 Å². The molecule has 1 aliphatic carbocycles. The number of nitrogens with zero attached hydrogens (tertiary/aromatic N) is 2. The quantitative estimate of drug-likeness (QED) is 0.815. The lowest BCUT2D eigenvalue weighted by atomic mass is 9.92. The van der Waals surface area contributed by atoms with E-state index in [1.807, 2.05) is 13.8 Å². The molecule has 27 heavy (non-hydrogen) atoms. The summed E-state index contributed by atoms with van der Waals surface area (Å²) in [7, 11) is 0. The van der Waals surface area contributed by atoms with Gasteiger partial charge in [0.2, 0.25) is 5.91 Å². The Balaban J connectivity index is 1.78. The van der Waals surface area contributed by atoms with Gasteiger partial charge in [0.05, 0.1) is 29.8 Å². The molecule has 6 nitrogen and oxygen atoms in total. The number of aryl methyl sites for hydroxylation is 1. The number of hydrogen-bond acceptors (Lipinski definition) is 3. The van der Waals surface area contributed by atoms with Crippen LogP contribution in [0.1, 0.15) is 49.1 Å². The molecule has 1 amide bonds. The Morgan fingerprint density at radius 3 is 2.44 bits per heavy atom. The van der Waals surface area contributed by atoms with Gasteiger partial charge in [-0.1, -0.05) is 12.8 Å². The van der Waals surface area contributed by atoms with E-state index in [2.05, 4.69) is 10.4 Å². The smallest absolute Gasteiger partial charge is 0.305 e. The fourth-order valence-corrected chi connectivity index (χ4v) is 3.95. The van der Waals surface area contributed by atoms with Crippen LogP contribution in [-0.2, 0) is 16.0 Å². The molecular weight excluding hydrogens is 349 g/mol. The Morgan fingerprint density at radius 1 is 1.22 bits per heavy atom. The van der Waals surface area contributed by atoms with Crippen molar-refractivity contribution in [3.8, 4) is 5.69 Å². The summed E-state index contributed by atoms with van der Waals surface area (Å²) in [5, 5.41) is 16.6. The monoisotopic (exact) mass is 373 g/mol. The van der Waals surface area contributed by atoms with E-state index in [4.69, 9.17) is 0 Å². The molecule has 2 N–H and O–H groups in total. The summed E-state index contributed by atoms with van der Waals surface area (Å²) in [5.41, 5.74) is 2.43. The van der Waals surface area contributed by atoms with E-state index in [0.717, 1.165) is 35.5 Å². The molecule has 3 rings (SSSR count). The maximum absolute atomic E-state index is 13.2. The first-order valence-corrected chi connectivity index (χ1v) is 9.13. The van der Waals surface area contributed by atoms with Crippen LogP contribution in [0.3, 0.4) is 0 Å². The number of hydrogen-bond donors (Lipinski definition) is 2. The van der Waals surface area contributed by atoms with Gasteiger partial charge in [0.15, 0.2) is 0 Å². The summed E-state index contributed by atoms with van der Waals surface area (Å²) in [4.78, 5) is 23.9. The maximum atomic E-state index is 13.2. The van der Waals surface area contributed by atoms with Gasteiger partial charge in [-0.05, 0) is 51.0 Å². The van der Waals surface area contributed by atoms with Gasteiger partial charge in [0.1, 0.15) is 5.82 Å². The van der Waals surface area contributed by atoms with Crippen LogP contribution < -0.4 is 5.32 Å². The lowest BCUT2D eigenvalue weighted by Gasteiger charge is -2.28. The molecule has 0 bridgehead atoms. The zero-order valence-corrected chi connectivity index (χ0v) is 15.6. The molecular formula is C20H24FN3O3. The normalized spacial score (nSPS) is 15.7. The molecule has 0 radical (unpaired) electrons. The van der Waals surface area contributed by atoms with Gasteiger partial charge in [-0.2, -0.15) is 5.10 Å². The van der Waals surface area contributed by atoms with Gasteiger partial charge in [0.25, 0.3) is 0 Å². The number of carbonyl (C=O) groups excluding carboxylic acids is 1. The fraction of sp³-hybridized carbons (Fsp3) is 0.450.